The highest BCUT2D eigenvalue weighted by atomic mass is 32.2. The second-order valence-electron chi connectivity index (χ2n) is 7.45. The number of nitrogens with one attached hydrogen (secondary N) is 2. The first kappa shape index (κ1) is 20.5. The van der Waals surface area contributed by atoms with Crippen LogP contribution in [-0.4, -0.2) is 31.2 Å². The third-order valence-electron chi connectivity index (χ3n) is 5.25. The van der Waals surface area contributed by atoms with Crippen molar-refractivity contribution in [2.75, 3.05) is 10.5 Å². The van der Waals surface area contributed by atoms with E-state index in [0.717, 1.165) is 32.1 Å². The van der Waals surface area contributed by atoms with Crippen LogP contribution in [0.25, 0.3) is 10.8 Å². The van der Waals surface area contributed by atoms with Gasteiger partial charge in [-0.2, -0.15) is 0 Å². The van der Waals surface area contributed by atoms with Crippen molar-refractivity contribution in [2.45, 2.75) is 57.9 Å². The molecule has 3 rings (SSSR count). The first-order valence-corrected chi connectivity index (χ1v) is 11.6. The van der Waals surface area contributed by atoms with E-state index in [1.54, 1.807) is 30.3 Å². The third kappa shape index (κ3) is 4.76. The number of hydrogen-bond acceptors (Lipinski definition) is 4. The van der Waals surface area contributed by atoms with Crippen molar-refractivity contribution in [3.05, 3.63) is 35.9 Å². The monoisotopic (exact) mass is 404 g/mol. The zero-order chi connectivity index (χ0) is 20.1. The van der Waals surface area contributed by atoms with E-state index in [9.17, 15) is 18.3 Å². The molecule has 0 atom stereocenters. The molecule has 1 fully saturated rings. The van der Waals surface area contributed by atoms with Gasteiger partial charge in [-0.1, -0.05) is 50.8 Å². The fourth-order valence-corrected chi connectivity index (χ4v) is 4.96. The topological polar surface area (TPSA) is 95.5 Å². The molecule has 2 aromatic carbocycles. The number of sulfonamides is 1. The fourth-order valence-electron chi connectivity index (χ4n) is 3.68. The molecule has 7 heteroatoms. The highest BCUT2D eigenvalue weighted by molar-refractivity contribution is 7.92. The van der Waals surface area contributed by atoms with Gasteiger partial charge >= 0.3 is 0 Å². The van der Waals surface area contributed by atoms with E-state index in [1.807, 2.05) is 6.92 Å². The minimum atomic E-state index is -3.46. The molecule has 1 aliphatic carbocycles. The molecular formula is C21H28N2O4S. The number of aromatic hydroxyl groups is 1. The lowest BCUT2D eigenvalue weighted by Gasteiger charge is -2.23. The molecule has 1 aliphatic rings. The van der Waals surface area contributed by atoms with Crippen LogP contribution in [0.2, 0.25) is 0 Å². The Hall–Kier alpha value is -2.28. The van der Waals surface area contributed by atoms with Crippen LogP contribution >= 0.6 is 0 Å². The number of carbonyl (C=O) groups is 1. The minimum absolute atomic E-state index is 0.0494. The van der Waals surface area contributed by atoms with Gasteiger partial charge in [0.05, 0.1) is 17.0 Å². The number of benzene rings is 2. The maximum atomic E-state index is 12.6. The van der Waals surface area contributed by atoms with E-state index in [2.05, 4.69) is 10.0 Å². The van der Waals surface area contributed by atoms with E-state index in [4.69, 9.17) is 0 Å². The van der Waals surface area contributed by atoms with Crippen LogP contribution in [0.5, 0.6) is 5.75 Å². The molecule has 0 bridgehead atoms. The molecule has 0 spiro atoms. The molecule has 0 unspecified atom stereocenters. The lowest BCUT2D eigenvalue weighted by Crippen LogP contribution is -2.36. The Morgan fingerprint density at radius 3 is 2.57 bits per heavy atom. The van der Waals surface area contributed by atoms with Crippen molar-refractivity contribution in [3.63, 3.8) is 0 Å². The van der Waals surface area contributed by atoms with Crippen LogP contribution in [0.3, 0.4) is 0 Å². The number of anilines is 1. The number of rotatable bonds is 7. The zero-order valence-electron chi connectivity index (χ0n) is 16.2. The molecule has 152 valence electrons. The van der Waals surface area contributed by atoms with Crippen molar-refractivity contribution in [3.8, 4) is 5.75 Å². The van der Waals surface area contributed by atoms with E-state index in [1.165, 1.54) is 6.42 Å². The predicted molar refractivity (Wildman–Crippen MR) is 112 cm³/mol. The van der Waals surface area contributed by atoms with Crippen LogP contribution in [0.4, 0.5) is 5.69 Å². The maximum Gasteiger partial charge on any atom is 0.255 e. The van der Waals surface area contributed by atoms with Crippen molar-refractivity contribution in [2.24, 2.45) is 0 Å². The molecule has 0 saturated heterocycles. The summed E-state index contributed by atoms with van der Waals surface area (Å²) in [6.07, 6.45) is 6.71. The molecule has 1 saturated carbocycles. The summed E-state index contributed by atoms with van der Waals surface area (Å²) >= 11 is 0. The Morgan fingerprint density at radius 1 is 1.11 bits per heavy atom. The van der Waals surface area contributed by atoms with E-state index >= 15 is 0 Å². The number of amides is 1. The third-order valence-corrected chi connectivity index (χ3v) is 6.61. The van der Waals surface area contributed by atoms with Gasteiger partial charge in [0, 0.05) is 16.8 Å². The van der Waals surface area contributed by atoms with Gasteiger partial charge in [0.2, 0.25) is 10.0 Å². The Labute approximate surface area is 166 Å². The normalized spacial score (nSPS) is 15.5. The highest BCUT2D eigenvalue weighted by Crippen LogP contribution is 2.34. The molecular weight excluding hydrogens is 376 g/mol. The van der Waals surface area contributed by atoms with Gasteiger partial charge in [0.25, 0.3) is 5.91 Å². The molecule has 0 radical (unpaired) electrons. The summed E-state index contributed by atoms with van der Waals surface area (Å²) in [5.41, 5.74) is 0.618. The van der Waals surface area contributed by atoms with E-state index < -0.39 is 10.0 Å². The molecule has 0 aliphatic heterocycles. The molecule has 0 aromatic heterocycles. The second-order valence-corrected chi connectivity index (χ2v) is 9.29. The van der Waals surface area contributed by atoms with Crippen molar-refractivity contribution in [1.29, 1.82) is 0 Å². The molecule has 3 N–H and O–H groups in total. The lowest BCUT2D eigenvalue weighted by atomic mass is 9.95. The Kier molecular flexibility index (Phi) is 6.44. The van der Waals surface area contributed by atoms with E-state index in [-0.39, 0.29) is 29.0 Å². The Bertz CT molecular complexity index is 950. The number of hydrogen-bond donors (Lipinski definition) is 3. The van der Waals surface area contributed by atoms with Gasteiger partial charge in [0.1, 0.15) is 5.75 Å². The number of carbonyl (C=O) groups excluding carboxylic acids is 1. The first-order chi connectivity index (χ1) is 13.4. The Morgan fingerprint density at radius 2 is 1.86 bits per heavy atom. The molecule has 28 heavy (non-hydrogen) atoms. The molecule has 1 amide bonds. The van der Waals surface area contributed by atoms with Crippen LogP contribution in [0.1, 0.15) is 62.2 Å². The highest BCUT2D eigenvalue weighted by Gasteiger charge is 2.20. The SMILES string of the molecule is CCCCS(=O)(=O)Nc1cccc2c(O)c(C(=O)NC3CCCCC3)ccc12. The van der Waals surface area contributed by atoms with Gasteiger partial charge in [-0.15, -0.1) is 0 Å². The fraction of sp³-hybridized carbons (Fsp3) is 0.476. The summed E-state index contributed by atoms with van der Waals surface area (Å²) < 4.78 is 27.1. The largest absolute Gasteiger partial charge is 0.506 e. The van der Waals surface area contributed by atoms with Crippen LogP contribution in [0.15, 0.2) is 30.3 Å². The Balaban J connectivity index is 1.86. The average molecular weight is 405 g/mol. The van der Waals surface area contributed by atoms with Crippen molar-refractivity contribution < 1.29 is 18.3 Å². The summed E-state index contributed by atoms with van der Waals surface area (Å²) in [4.78, 5) is 12.6. The molecule has 6 nitrogen and oxygen atoms in total. The summed E-state index contributed by atoms with van der Waals surface area (Å²) in [6.45, 7) is 1.94. The van der Waals surface area contributed by atoms with Crippen molar-refractivity contribution >= 4 is 32.4 Å². The van der Waals surface area contributed by atoms with Gasteiger partial charge in [-0.3, -0.25) is 9.52 Å². The first-order valence-electron chi connectivity index (χ1n) is 9.97. The van der Waals surface area contributed by atoms with Crippen LogP contribution in [-0.2, 0) is 10.0 Å². The summed E-state index contributed by atoms with van der Waals surface area (Å²) in [5, 5.41) is 14.7. The lowest BCUT2D eigenvalue weighted by molar-refractivity contribution is 0.0925. The number of phenols is 1. The summed E-state index contributed by atoms with van der Waals surface area (Å²) in [7, 11) is -3.46. The maximum absolute atomic E-state index is 12.6. The predicted octanol–water partition coefficient (Wildman–Crippen LogP) is 4.15. The van der Waals surface area contributed by atoms with Gasteiger partial charge in [-0.05, 0) is 31.4 Å². The van der Waals surface area contributed by atoms with Gasteiger partial charge in [0.15, 0.2) is 0 Å². The quantitative estimate of drug-likeness (QED) is 0.646. The van der Waals surface area contributed by atoms with Gasteiger partial charge in [-0.25, -0.2) is 8.42 Å². The zero-order valence-corrected chi connectivity index (χ0v) is 17.0. The number of phenolic OH excluding ortho intramolecular Hbond substituents is 1. The number of fused-ring (bicyclic) bond motifs is 1. The van der Waals surface area contributed by atoms with Crippen molar-refractivity contribution in [1.82, 2.24) is 5.32 Å². The summed E-state index contributed by atoms with van der Waals surface area (Å²) in [6, 6.07) is 8.40. The van der Waals surface area contributed by atoms with Crippen LogP contribution < -0.4 is 10.0 Å². The summed E-state index contributed by atoms with van der Waals surface area (Å²) in [5.74, 6) is -0.367. The second kappa shape index (κ2) is 8.82. The molecule has 2 aromatic rings. The van der Waals surface area contributed by atoms with Crippen LogP contribution in [0, 0.1) is 0 Å². The average Bonchev–Trinajstić information content (AvgIpc) is 2.68. The smallest absolute Gasteiger partial charge is 0.255 e. The molecule has 0 heterocycles. The standard InChI is InChI=1S/C21H28N2O4S/c1-2-3-14-28(26,27)23-19-11-7-10-17-16(19)12-13-18(20(17)24)21(25)22-15-8-5-4-6-9-15/h7,10-13,15,23-24H,2-6,8-9,14H2,1H3,(H,22,25). The minimum Gasteiger partial charge on any atom is -0.506 e. The number of unbranched alkanes of at least 4 members (excludes halogenated alkanes) is 1. The van der Waals surface area contributed by atoms with Gasteiger partial charge < -0.3 is 10.4 Å². The van der Waals surface area contributed by atoms with E-state index in [0.29, 0.717) is 22.9 Å².